The number of amides is 2. The van der Waals surface area contributed by atoms with Gasteiger partial charge in [-0.3, -0.25) is 4.79 Å². The lowest BCUT2D eigenvalue weighted by Gasteiger charge is -2.40. The first-order valence-electron chi connectivity index (χ1n) is 8.56. The lowest BCUT2D eigenvalue weighted by Crippen LogP contribution is -2.57. The van der Waals surface area contributed by atoms with E-state index in [1.165, 1.54) is 0 Å². The number of aliphatic carboxylic acids is 1. The van der Waals surface area contributed by atoms with Crippen LogP contribution >= 0.6 is 0 Å². The van der Waals surface area contributed by atoms with Gasteiger partial charge in [0.15, 0.2) is 0 Å². The van der Waals surface area contributed by atoms with Crippen molar-refractivity contribution in [2.24, 2.45) is 0 Å². The monoisotopic (exact) mass is 324 g/mol. The average Bonchev–Trinajstić information content (AvgIpc) is 2.53. The van der Waals surface area contributed by atoms with Crippen molar-refractivity contribution in [3.63, 3.8) is 0 Å². The number of ether oxygens (including phenoxy) is 1. The molecule has 2 aliphatic rings. The highest BCUT2D eigenvalue weighted by atomic mass is 16.5. The van der Waals surface area contributed by atoms with Gasteiger partial charge in [-0.25, -0.2) is 4.79 Å². The normalized spacial score (nSPS) is 24.0. The summed E-state index contributed by atoms with van der Waals surface area (Å²) in [6, 6.07) is -0.153. The van der Waals surface area contributed by atoms with Crippen molar-refractivity contribution < 1.29 is 19.4 Å². The van der Waals surface area contributed by atoms with Crippen LogP contribution in [-0.4, -0.2) is 53.3 Å². The van der Waals surface area contributed by atoms with Gasteiger partial charge in [-0.2, -0.15) is 0 Å². The van der Waals surface area contributed by atoms with Crippen molar-refractivity contribution in [2.45, 2.75) is 63.0 Å². The van der Waals surface area contributed by atoms with Crippen molar-refractivity contribution in [3.05, 3.63) is 12.7 Å². The zero-order valence-electron chi connectivity index (χ0n) is 13.8. The molecule has 6 heteroatoms. The summed E-state index contributed by atoms with van der Waals surface area (Å²) < 4.78 is 5.66. The number of nitrogens with one attached hydrogen (secondary N) is 1. The molecule has 23 heavy (non-hydrogen) atoms. The third-order valence-corrected chi connectivity index (χ3v) is 4.79. The van der Waals surface area contributed by atoms with Gasteiger partial charge in [0.25, 0.3) is 0 Å². The van der Waals surface area contributed by atoms with E-state index < -0.39 is 11.5 Å². The molecule has 1 aliphatic carbocycles. The van der Waals surface area contributed by atoms with Crippen LogP contribution in [0.15, 0.2) is 12.7 Å². The summed E-state index contributed by atoms with van der Waals surface area (Å²) in [6.45, 7) is 5.38. The van der Waals surface area contributed by atoms with Gasteiger partial charge in [0.05, 0.1) is 24.7 Å². The number of hydrogen-bond donors (Lipinski definition) is 2. The van der Waals surface area contributed by atoms with Crippen LogP contribution in [0.1, 0.15) is 51.4 Å². The van der Waals surface area contributed by atoms with Crippen LogP contribution in [0.25, 0.3) is 0 Å². The van der Waals surface area contributed by atoms with Crippen LogP contribution in [0.3, 0.4) is 0 Å². The van der Waals surface area contributed by atoms with E-state index in [1.807, 2.05) is 0 Å². The van der Waals surface area contributed by atoms with Gasteiger partial charge in [-0.15, -0.1) is 6.58 Å². The summed E-state index contributed by atoms with van der Waals surface area (Å²) in [6.07, 6.45) is 8.14. The predicted molar refractivity (Wildman–Crippen MR) is 87.3 cm³/mol. The van der Waals surface area contributed by atoms with E-state index in [1.54, 1.807) is 11.0 Å². The van der Waals surface area contributed by atoms with Gasteiger partial charge in [0, 0.05) is 13.1 Å². The van der Waals surface area contributed by atoms with Gasteiger partial charge < -0.3 is 20.1 Å². The Kier molecular flexibility index (Phi) is 6.45. The molecule has 0 unspecified atom stereocenters. The molecule has 130 valence electrons. The van der Waals surface area contributed by atoms with Crippen molar-refractivity contribution in [2.75, 3.05) is 19.7 Å². The van der Waals surface area contributed by atoms with E-state index in [4.69, 9.17) is 4.74 Å². The minimum atomic E-state index is -0.849. The number of hydrogen-bond acceptors (Lipinski definition) is 3. The minimum absolute atomic E-state index is 0.00295. The minimum Gasteiger partial charge on any atom is -0.481 e. The maximum atomic E-state index is 12.6. The molecule has 2 rings (SSSR count). The molecule has 6 nitrogen and oxygen atoms in total. The van der Waals surface area contributed by atoms with E-state index in [0.29, 0.717) is 19.7 Å². The number of nitrogens with zero attached hydrogens (tertiary/aromatic N) is 1. The molecule has 0 aromatic heterocycles. The molecule has 1 saturated heterocycles. The molecule has 1 aliphatic heterocycles. The van der Waals surface area contributed by atoms with Crippen molar-refractivity contribution in [1.82, 2.24) is 10.2 Å². The Morgan fingerprint density at radius 2 is 2.04 bits per heavy atom. The van der Waals surface area contributed by atoms with E-state index in [9.17, 15) is 14.7 Å². The molecule has 0 radical (unpaired) electrons. The number of rotatable bonds is 6. The van der Waals surface area contributed by atoms with E-state index in [2.05, 4.69) is 11.9 Å². The standard InChI is InChI=1S/C17H28N2O4/c1-2-11-23-14-7-6-10-19(13-14)16(22)18-17(12-15(20)21)8-4-3-5-9-17/h2,14H,1,3-13H2,(H,18,22)(H,20,21)/t14-/m0/s1. The molecule has 2 amide bonds. The van der Waals surface area contributed by atoms with Gasteiger partial charge in [0.2, 0.25) is 0 Å². The van der Waals surface area contributed by atoms with Crippen LogP contribution in [0.5, 0.6) is 0 Å². The molecule has 1 atom stereocenters. The fourth-order valence-corrected chi connectivity index (χ4v) is 3.63. The topological polar surface area (TPSA) is 78.9 Å². The number of carbonyl (C=O) groups excluding carboxylic acids is 1. The zero-order valence-corrected chi connectivity index (χ0v) is 13.8. The fraction of sp³-hybridized carbons (Fsp3) is 0.765. The highest BCUT2D eigenvalue weighted by Crippen LogP contribution is 2.31. The first-order valence-corrected chi connectivity index (χ1v) is 8.56. The van der Waals surface area contributed by atoms with Crippen LogP contribution in [0, 0.1) is 0 Å². The van der Waals surface area contributed by atoms with Gasteiger partial charge >= 0.3 is 12.0 Å². The number of carboxylic acids is 1. The number of piperidine rings is 1. The second-order valence-corrected chi connectivity index (χ2v) is 6.67. The molecule has 1 heterocycles. The van der Waals surface area contributed by atoms with Crippen molar-refractivity contribution in [3.8, 4) is 0 Å². The fourth-order valence-electron chi connectivity index (χ4n) is 3.63. The molecular weight excluding hydrogens is 296 g/mol. The maximum absolute atomic E-state index is 12.6. The molecule has 0 bridgehead atoms. The summed E-state index contributed by atoms with van der Waals surface area (Å²) >= 11 is 0. The summed E-state index contributed by atoms with van der Waals surface area (Å²) in [7, 11) is 0. The Morgan fingerprint density at radius 3 is 2.70 bits per heavy atom. The molecule has 1 saturated carbocycles. The molecular formula is C17H28N2O4. The number of urea groups is 1. The Bertz CT molecular complexity index is 432. The average molecular weight is 324 g/mol. The summed E-state index contributed by atoms with van der Waals surface area (Å²) in [5, 5.41) is 12.2. The number of carboxylic acid groups (broad SMARTS) is 1. The highest BCUT2D eigenvalue weighted by molar-refractivity contribution is 5.77. The highest BCUT2D eigenvalue weighted by Gasteiger charge is 2.37. The Morgan fingerprint density at radius 1 is 1.30 bits per heavy atom. The SMILES string of the molecule is C=CCO[C@H]1CCCN(C(=O)NC2(CC(=O)O)CCCCC2)C1. The third-order valence-electron chi connectivity index (χ3n) is 4.79. The Balaban J connectivity index is 1.94. The second kappa shape index (κ2) is 8.34. The number of likely N-dealkylation sites (tertiary alicyclic amines) is 1. The predicted octanol–water partition coefficient (Wildman–Crippen LogP) is 2.54. The van der Waals surface area contributed by atoms with Crippen molar-refractivity contribution in [1.29, 1.82) is 0 Å². The third kappa shape index (κ3) is 5.23. The summed E-state index contributed by atoms with van der Waals surface area (Å²) in [5.41, 5.74) is -0.587. The van der Waals surface area contributed by atoms with Gasteiger partial charge in [-0.05, 0) is 25.7 Å². The van der Waals surface area contributed by atoms with Crippen LogP contribution in [0.2, 0.25) is 0 Å². The maximum Gasteiger partial charge on any atom is 0.317 e. The quantitative estimate of drug-likeness (QED) is 0.736. The van der Waals surface area contributed by atoms with Crippen LogP contribution < -0.4 is 5.32 Å². The summed E-state index contributed by atoms with van der Waals surface area (Å²) in [4.78, 5) is 25.6. The van der Waals surface area contributed by atoms with Gasteiger partial charge in [-0.1, -0.05) is 25.3 Å². The van der Waals surface area contributed by atoms with E-state index >= 15 is 0 Å². The first kappa shape index (κ1) is 17.8. The van der Waals surface area contributed by atoms with Crippen LogP contribution in [0.4, 0.5) is 4.79 Å². The lowest BCUT2D eigenvalue weighted by molar-refractivity contribution is -0.139. The Labute approximate surface area is 137 Å². The van der Waals surface area contributed by atoms with Crippen molar-refractivity contribution >= 4 is 12.0 Å². The molecule has 2 N–H and O–H groups in total. The first-order chi connectivity index (χ1) is 11.0. The molecule has 0 aromatic rings. The largest absolute Gasteiger partial charge is 0.481 e. The van der Waals surface area contributed by atoms with Gasteiger partial charge in [0.1, 0.15) is 0 Å². The van der Waals surface area contributed by atoms with Crippen LogP contribution in [-0.2, 0) is 9.53 Å². The Hall–Kier alpha value is -1.56. The smallest absolute Gasteiger partial charge is 0.317 e. The van der Waals surface area contributed by atoms with E-state index in [0.717, 1.165) is 44.9 Å². The van der Waals surface area contributed by atoms with E-state index in [-0.39, 0.29) is 18.6 Å². The zero-order chi connectivity index (χ0) is 16.7. The number of carbonyl (C=O) groups is 2. The molecule has 2 fully saturated rings. The molecule has 0 spiro atoms. The lowest BCUT2D eigenvalue weighted by atomic mass is 9.79. The summed E-state index contributed by atoms with van der Waals surface area (Å²) in [5.74, 6) is -0.849. The molecule has 0 aromatic carbocycles. The second-order valence-electron chi connectivity index (χ2n) is 6.67.